The Morgan fingerprint density at radius 2 is 2.28 bits per heavy atom. The zero-order chi connectivity index (χ0) is 13.0. The van der Waals surface area contributed by atoms with Crippen LogP contribution in [0.1, 0.15) is 38.1 Å². The third-order valence-electron chi connectivity index (χ3n) is 2.58. The standard InChI is InChI=1S/C12H15ClN4O/c1-2-3-4-9(14)12-16-11(17-18-12)10-6-5-8(13)7-15-10/h5-7,9H,2-4,14H2,1H3/t9-/m0/s1. The summed E-state index contributed by atoms with van der Waals surface area (Å²) in [5.74, 6) is 0.892. The predicted octanol–water partition coefficient (Wildman–Crippen LogP) is 2.98. The second-order valence-electron chi connectivity index (χ2n) is 4.07. The van der Waals surface area contributed by atoms with E-state index in [-0.39, 0.29) is 6.04 Å². The molecule has 0 aromatic carbocycles. The van der Waals surface area contributed by atoms with E-state index in [2.05, 4.69) is 22.0 Å². The van der Waals surface area contributed by atoms with Crippen LogP contribution < -0.4 is 5.73 Å². The lowest BCUT2D eigenvalue weighted by Crippen LogP contribution is -2.10. The van der Waals surface area contributed by atoms with Crippen LogP contribution in [0, 0.1) is 0 Å². The van der Waals surface area contributed by atoms with Crippen molar-refractivity contribution in [3.8, 4) is 11.5 Å². The van der Waals surface area contributed by atoms with Crippen molar-refractivity contribution >= 4 is 11.6 Å². The zero-order valence-corrected chi connectivity index (χ0v) is 10.9. The minimum Gasteiger partial charge on any atom is -0.337 e. The van der Waals surface area contributed by atoms with Crippen molar-refractivity contribution in [2.24, 2.45) is 5.73 Å². The molecule has 0 unspecified atom stereocenters. The van der Waals surface area contributed by atoms with E-state index in [1.165, 1.54) is 0 Å². The highest BCUT2D eigenvalue weighted by Gasteiger charge is 2.15. The number of nitrogens with zero attached hydrogens (tertiary/aromatic N) is 3. The predicted molar refractivity (Wildman–Crippen MR) is 69.0 cm³/mol. The van der Waals surface area contributed by atoms with E-state index >= 15 is 0 Å². The summed E-state index contributed by atoms with van der Waals surface area (Å²) in [6.45, 7) is 2.11. The lowest BCUT2D eigenvalue weighted by Gasteiger charge is -2.03. The molecule has 0 saturated carbocycles. The van der Waals surface area contributed by atoms with E-state index < -0.39 is 0 Å². The smallest absolute Gasteiger partial charge is 0.243 e. The van der Waals surface area contributed by atoms with Crippen LogP contribution in [-0.4, -0.2) is 15.1 Å². The van der Waals surface area contributed by atoms with Gasteiger partial charge in [0, 0.05) is 6.20 Å². The van der Waals surface area contributed by atoms with Gasteiger partial charge in [-0.05, 0) is 18.6 Å². The van der Waals surface area contributed by atoms with Gasteiger partial charge in [-0.3, -0.25) is 4.98 Å². The van der Waals surface area contributed by atoms with Crippen LogP contribution >= 0.6 is 11.6 Å². The topological polar surface area (TPSA) is 77.8 Å². The fourth-order valence-corrected chi connectivity index (χ4v) is 1.66. The van der Waals surface area contributed by atoms with Crippen molar-refractivity contribution in [2.45, 2.75) is 32.2 Å². The minimum atomic E-state index is -0.210. The van der Waals surface area contributed by atoms with Crippen molar-refractivity contribution < 1.29 is 4.52 Å². The Hall–Kier alpha value is -1.46. The third-order valence-corrected chi connectivity index (χ3v) is 2.81. The molecule has 18 heavy (non-hydrogen) atoms. The molecule has 2 aromatic heterocycles. The van der Waals surface area contributed by atoms with Gasteiger partial charge in [-0.15, -0.1) is 0 Å². The maximum absolute atomic E-state index is 5.96. The first-order valence-corrected chi connectivity index (χ1v) is 6.29. The van der Waals surface area contributed by atoms with Crippen LogP contribution in [0.5, 0.6) is 0 Å². The van der Waals surface area contributed by atoms with E-state index in [4.69, 9.17) is 21.9 Å². The summed E-state index contributed by atoms with van der Waals surface area (Å²) in [6, 6.07) is 3.27. The summed E-state index contributed by atoms with van der Waals surface area (Å²) in [4.78, 5) is 8.38. The Kier molecular flexibility index (Phi) is 4.28. The zero-order valence-electron chi connectivity index (χ0n) is 10.1. The number of nitrogens with two attached hydrogens (primary N) is 1. The summed E-state index contributed by atoms with van der Waals surface area (Å²) in [7, 11) is 0. The Morgan fingerprint density at radius 1 is 1.44 bits per heavy atom. The number of rotatable bonds is 5. The van der Waals surface area contributed by atoms with Gasteiger partial charge in [0.05, 0.1) is 11.1 Å². The Balaban J connectivity index is 2.12. The quantitative estimate of drug-likeness (QED) is 0.900. The van der Waals surface area contributed by atoms with Gasteiger partial charge >= 0.3 is 0 Å². The second-order valence-corrected chi connectivity index (χ2v) is 4.50. The Labute approximate surface area is 110 Å². The molecule has 0 fully saturated rings. The summed E-state index contributed by atoms with van der Waals surface area (Å²) in [5.41, 5.74) is 6.58. The molecule has 2 heterocycles. The van der Waals surface area contributed by atoms with E-state index in [0.717, 1.165) is 19.3 Å². The first-order valence-electron chi connectivity index (χ1n) is 5.92. The summed E-state index contributed by atoms with van der Waals surface area (Å²) in [6.07, 6.45) is 4.52. The molecule has 0 aliphatic carbocycles. The fraction of sp³-hybridized carbons (Fsp3) is 0.417. The molecule has 6 heteroatoms. The van der Waals surface area contributed by atoms with Gasteiger partial charge in [-0.2, -0.15) is 4.98 Å². The van der Waals surface area contributed by atoms with Crippen LogP contribution in [0.2, 0.25) is 5.02 Å². The van der Waals surface area contributed by atoms with Gasteiger partial charge in [0.2, 0.25) is 11.7 Å². The number of hydrogen-bond acceptors (Lipinski definition) is 5. The van der Waals surface area contributed by atoms with Gasteiger partial charge in [0.25, 0.3) is 0 Å². The van der Waals surface area contributed by atoms with E-state index in [1.54, 1.807) is 18.3 Å². The minimum absolute atomic E-state index is 0.210. The monoisotopic (exact) mass is 266 g/mol. The van der Waals surface area contributed by atoms with Crippen molar-refractivity contribution in [1.29, 1.82) is 0 Å². The maximum Gasteiger partial charge on any atom is 0.243 e. The molecule has 0 bridgehead atoms. The van der Waals surface area contributed by atoms with Crippen LogP contribution in [0.4, 0.5) is 0 Å². The molecule has 2 rings (SSSR count). The summed E-state index contributed by atoms with van der Waals surface area (Å²) >= 11 is 5.77. The number of halogens is 1. The van der Waals surface area contributed by atoms with E-state index in [9.17, 15) is 0 Å². The molecular formula is C12H15ClN4O. The molecule has 2 N–H and O–H groups in total. The van der Waals surface area contributed by atoms with E-state index in [0.29, 0.717) is 22.4 Å². The highest BCUT2D eigenvalue weighted by Crippen LogP contribution is 2.19. The van der Waals surface area contributed by atoms with Gasteiger partial charge in [0.1, 0.15) is 5.69 Å². The maximum atomic E-state index is 5.96. The number of pyridine rings is 1. The van der Waals surface area contributed by atoms with Gasteiger partial charge in [-0.25, -0.2) is 0 Å². The second kappa shape index (κ2) is 5.93. The van der Waals surface area contributed by atoms with Crippen molar-refractivity contribution in [3.63, 3.8) is 0 Å². The van der Waals surface area contributed by atoms with Crippen molar-refractivity contribution in [3.05, 3.63) is 29.2 Å². The molecule has 0 aliphatic rings. The average Bonchev–Trinajstić information content (AvgIpc) is 2.86. The highest BCUT2D eigenvalue weighted by atomic mass is 35.5. The van der Waals surface area contributed by atoms with Crippen LogP contribution in [-0.2, 0) is 0 Å². The number of aromatic nitrogens is 3. The van der Waals surface area contributed by atoms with Crippen LogP contribution in [0.25, 0.3) is 11.5 Å². The molecule has 5 nitrogen and oxygen atoms in total. The van der Waals surface area contributed by atoms with Crippen LogP contribution in [0.15, 0.2) is 22.9 Å². The molecule has 0 amide bonds. The molecule has 0 spiro atoms. The van der Waals surface area contributed by atoms with Crippen LogP contribution in [0.3, 0.4) is 0 Å². The largest absolute Gasteiger partial charge is 0.337 e. The first-order chi connectivity index (χ1) is 8.70. The molecule has 2 aromatic rings. The molecule has 96 valence electrons. The molecular weight excluding hydrogens is 252 g/mol. The van der Waals surface area contributed by atoms with E-state index in [1.807, 2.05) is 0 Å². The summed E-state index contributed by atoms with van der Waals surface area (Å²) in [5, 5.41) is 4.44. The number of hydrogen-bond donors (Lipinski definition) is 1. The van der Waals surface area contributed by atoms with Gasteiger partial charge < -0.3 is 10.3 Å². The normalized spacial score (nSPS) is 12.6. The van der Waals surface area contributed by atoms with Crippen molar-refractivity contribution in [2.75, 3.05) is 0 Å². The fourth-order valence-electron chi connectivity index (χ4n) is 1.55. The molecule has 0 saturated heterocycles. The number of unbranched alkanes of at least 4 members (excludes halogenated alkanes) is 1. The molecule has 0 radical (unpaired) electrons. The third kappa shape index (κ3) is 3.05. The molecule has 0 aliphatic heterocycles. The highest BCUT2D eigenvalue weighted by molar-refractivity contribution is 6.30. The SMILES string of the molecule is CCCC[C@H](N)c1nc(-c2ccc(Cl)cn2)no1. The lowest BCUT2D eigenvalue weighted by atomic mass is 10.1. The summed E-state index contributed by atoms with van der Waals surface area (Å²) < 4.78 is 5.15. The average molecular weight is 267 g/mol. The Morgan fingerprint density at radius 3 is 2.94 bits per heavy atom. The van der Waals surface area contributed by atoms with Gasteiger partial charge in [-0.1, -0.05) is 36.5 Å². The van der Waals surface area contributed by atoms with Crippen molar-refractivity contribution in [1.82, 2.24) is 15.1 Å². The molecule has 1 atom stereocenters. The lowest BCUT2D eigenvalue weighted by molar-refractivity contribution is 0.346. The Bertz CT molecular complexity index is 497. The first kappa shape index (κ1) is 13.0. The van der Waals surface area contributed by atoms with Gasteiger partial charge in [0.15, 0.2) is 0 Å².